The largest absolute Gasteiger partial charge is 0.507 e. The number of aromatic hydroxyl groups is 1. The van der Waals surface area contributed by atoms with Crippen LogP contribution in [0.2, 0.25) is 0 Å². The zero-order chi connectivity index (χ0) is 18.7. The predicted molar refractivity (Wildman–Crippen MR) is 95.2 cm³/mol. The van der Waals surface area contributed by atoms with E-state index < -0.39 is 11.8 Å². The number of carbonyl (C=O) groups is 1. The fourth-order valence-electron chi connectivity index (χ4n) is 2.16. The first-order chi connectivity index (χ1) is 12.4. The summed E-state index contributed by atoms with van der Waals surface area (Å²) in [7, 11) is 0. The number of phenolic OH excluding ortho intramolecular Hbond substituents is 1. The lowest BCUT2D eigenvalue weighted by molar-refractivity contribution is 0.0734. The molecule has 3 aromatic rings. The van der Waals surface area contributed by atoms with Crippen LogP contribution >= 0.6 is 11.3 Å². The average Bonchev–Trinajstić information content (AvgIpc) is 3.09. The van der Waals surface area contributed by atoms with E-state index in [1.54, 1.807) is 26.0 Å². The van der Waals surface area contributed by atoms with Crippen molar-refractivity contribution >= 4 is 28.0 Å². The standard InChI is InChI=1S/C18H14FN3O3S/c1-10-7-13(8-11(2)16(10)23)21-22-15-9-20-17(26-15)18(24)25-14-5-3-12(19)4-6-14/h3-9,23H,1-2H3/b22-21+. The van der Waals surface area contributed by atoms with Gasteiger partial charge in [-0.05, 0) is 61.4 Å². The van der Waals surface area contributed by atoms with Gasteiger partial charge in [0.15, 0.2) is 5.00 Å². The van der Waals surface area contributed by atoms with E-state index in [0.717, 1.165) is 11.3 Å². The maximum Gasteiger partial charge on any atom is 0.372 e. The van der Waals surface area contributed by atoms with E-state index in [1.165, 1.54) is 30.5 Å². The molecule has 0 spiro atoms. The molecule has 26 heavy (non-hydrogen) atoms. The predicted octanol–water partition coefficient (Wildman–Crippen LogP) is 5.24. The number of hydrogen-bond acceptors (Lipinski definition) is 7. The summed E-state index contributed by atoms with van der Waals surface area (Å²) in [5.74, 6) is -0.613. The van der Waals surface area contributed by atoms with Gasteiger partial charge in [-0.25, -0.2) is 14.2 Å². The second-order valence-electron chi connectivity index (χ2n) is 5.48. The third kappa shape index (κ3) is 4.09. The molecule has 0 saturated carbocycles. The Morgan fingerprint density at radius 3 is 2.46 bits per heavy atom. The van der Waals surface area contributed by atoms with E-state index in [-0.39, 0.29) is 16.5 Å². The summed E-state index contributed by atoms with van der Waals surface area (Å²) in [6, 6.07) is 8.53. The minimum Gasteiger partial charge on any atom is -0.507 e. The highest BCUT2D eigenvalue weighted by molar-refractivity contribution is 7.17. The minimum atomic E-state index is -0.653. The van der Waals surface area contributed by atoms with Crippen LogP contribution < -0.4 is 4.74 Å². The summed E-state index contributed by atoms with van der Waals surface area (Å²) in [6.45, 7) is 3.55. The number of thiazole rings is 1. The summed E-state index contributed by atoms with van der Waals surface area (Å²) < 4.78 is 18.0. The van der Waals surface area contributed by atoms with E-state index in [9.17, 15) is 14.3 Å². The van der Waals surface area contributed by atoms with Crippen LogP contribution in [0.15, 0.2) is 52.8 Å². The molecule has 8 heteroatoms. The molecule has 0 amide bonds. The third-order valence-electron chi connectivity index (χ3n) is 3.43. The number of rotatable bonds is 4. The number of phenols is 1. The molecule has 132 valence electrons. The van der Waals surface area contributed by atoms with Gasteiger partial charge in [-0.1, -0.05) is 11.3 Å². The molecular weight excluding hydrogens is 357 g/mol. The van der Waals surface area contributed by atoms with Crippen molar-refractivity contribution in [3.8, 4) is 11.5 Å². The van der Waals surface area contributed by atoms with Gasteiger partial charge in [0.05, 0.1) is 11.9 Å². The lowest BCUT2D eigenvalue weighted by atomic mass is 10.1. The normalized spacial score (nSPS) is 11.0. The third-order valence-corrected chi connectivity index (χ3v) is 4.29. The Balaban J connectivity index is 1.71. The number of ether oxygens (including phenoxy) is 1. The SMILES string of the molecule is Cc1cc(/N=N/c2cnc(C(=O)Oc3ccc(F)cc3)s2)cc(C)c1O. The molecule has 0 fully saturated rings. The number of benzene rings is 2. The van der Waals surface area contributed by atoms with Gasteiger partial charge < -0.3 is 9.84 Å². The molecule has 1 heterocycles. The Morgan fingerprint density at radius 2 is 1.81 bits per heavy atom. The number of esters is 1. The molecule has 0 radical (unpaired) electrons. The van der Waals surface area contributed by atoms with Gasteiger partial charge in [-0.15, -0.1) is 10.2 Å². The Hall–Kier alpha value is -3.13. The van der Waals surface area contributed by atoms with Gasteiger partial charge in [0, 0.05) is 0 Å². The lowest BCUT2D eigenvalue weighted by Crippen LogP contribution is -2.07. The summed E-state index contributed by atoms with van der Waals surface area (Å²) in [5, 5.41) is 18.5. The highest BCUT2D eigenvalue weighted by Gasteiger charge is 2.14. The molecule has 0 aliphatic heterocycles. The van der Waals surface area contributed by atoms with Gasteiger partial charge in [0.2, 0.25) is 5.01 Å². The molecule has 2 aromatic carbocycles. The molecule has 1 aromatic heterocycles. The average molecular weight is 371 g/mol. The van der Waals surface area contributed by atoms with E-state index in [4.69, 9.17) is 4.74 Å². The van der Waals surface area contributed by atoms with Crippen molar-refractivity contribution in [1.29, 1.82) is 0 Å². The van der Waals surface area contributed by atoms with Crippen LogP contribution in [0.4, 0.5) is 15.1 Å². The Morgan fingerprint density at radius 1 is 1.15 bits per heavy atom. The Kier molecular flexibility index (Phi) is 5.04. The first-order valence-electron chi connectivity index (χ1n) is 7.58. The summed E-state index contributed by atoms with van der Waals surface area (Å²) >= 11 is 1.02. The quantitative estimate of drug-likeness (QED) is 0.386. The van der Waals surface area contributed by atoms with Gasteiger partial charge in [-0.2, -0.15) is 0 Å². The number of hydrogen-bond donors (Lipinski definition) is 1. The molecule has 0 aliphatic carbocycles. The number of azo groups is 1. The van der Waals surface area contributed by atoms with E-state index in [1.807, 2.05) is 0 Å². The number of aryl methyl sites for hydroxylation is 2. The molecule has 0 saturated heterocycles. The second-order valence-corrected chi connectivity index (χ2v) is 6.48. The summed E-state index contributed by atoms with van der Waals surface area (Å²) in [4.78, 5) is 16.0. The van der Waals surface area contributed by atoms with Crippen molar-refractivity contribution in [2.45, 2.75) is 13.8 Å². The second kappa shape index (κ2) is 7.40. The number of halogens is 1. The topological polar surface area (TPSA) is 84.1 Å². The van der Waals surface area contributed by atoms with Gasteiger partial charge in [-0.3, -0.25) is 0 Å². The van der Waals surface area contributed by atoms with E-state index in [0.29, 0.717) is 21.8 Å². The Labute approximate surface area is 152 Å². The lowest BCUT2D eigenvalue weighted by Gasteiger charge is -2.03. The molecule has 0 atom stereocenters. The highest BCUT2D eigenvalue weighted by atomic mass is 32.1. The Bertz CT molecular complexity index is 961. The van der Waals surface area contributed by atoms with Crippen molar-refractivity contribution < 1.29 is 19.0 Å². The first kappa shape index (κ1) is 17.7. The summed E-state index contributed by atoms with van der Waals surface area (Å²) in [5.41, 5.74) is 1.99. The molecule has 0 unspecified atom stereocenters. The monoisotopic (exact) mass is 371 g/mol. The minimum absolute atomic E-state index is 0.112. The molecule has 6 nitrogen and oxygen atoms in total. The maximum absolute atomic E-state index is 12.9. The van der Waals surface area contributed by atoms with Crippen LogP contribution in [0.1, 0.15) is 20.9 Å². The van der Waals surface area contributed by atoms with Crippen molar-refractivity contribution in [3.63, 3.8) is 0 Å². The van der Waals surface area contributed by atoms with Crippen molar-refractivity contribution in [3.05, 3.63) is 64.5 Å². The van der Waals surface area contributed by atoms with Crippen LogP contribution in [-0.2, 0) is 0 Å². The van der Waals surface area contributed by atoms with Crippen molar-refractivity contribution in [1.82, 2.24) is 4.98 Å². The van der Waals surface area contributed by atoms with Crippen molar-refractivity contribution in [2.24, 2.45) is 10.2 Å². The van der Waals surface area contributed by atoms with Crippen LogP contribution in [0, 0.1) is 19.7 Å². The van der Waals surface area contributed by atoms with E-state index in [2.05, 4.69) is 15.2 Å². The fourth-order valence-corrected chi connectivity index (χ4v) is 2.77. The smallest absolute Gasteiger partial charge is 0.372 e. The van der Waals surface area contributed by atoms with Gasteiger partial charge in [0.1, 0.15) is 17.3 Å². The molecule has 0 aliphatic rings. The van der Waals surface area contributed by atoms with Crippen LogP contribution in [0.3, 0.4) is 0 Å². The first-order valence-corrected chi connectivity index (χ1v) is 8.39. The van der Waals surface area contributed by atoms with Crippen LogP contribution in [-0.4, -0.2) is 16.1 Å². The molecular formula is C18H14FN3O3S. The van der Waals surface area contributed by atoms with Gasteiger partial charge in [0.25, 0.3) is 0 Å². The molecule has 3 rings (SSSR count). The number of carbonyl (C=O) groups excluding carboxylic acids is 1. The molecule has 0 bridgehead atoms. The van der Waals surface area contributed by atoms with Crippen molar-refractivity contribution in [2.75, 3.05) is 0 Å². The summed E-state index contributed by atoms with van der Waals surface area (Å²) in [6.07, 6.45) is 1.41. The maximum atomic E-state index is 12.9. The zero-order valence-electron chi connectivity index (χ0n) is 13.9. The molecule has 1 N–H and O–H groups in total. The highest BCUT2D eigenvalue weighted by Crippen LogP contribution is 2.30. The zero-order valence-corrected chi connectivity index (χ0v) is 14.7. The van der Waals surface area contributed by atoms with Crippen LogP contribution in [0.5, 0.6) is 11.5 Å². The van der Waals surface area contributed by atoms with Gasteiger partial charge >= 0.3 is 5.97 Å². The number of aromatic nitrogens is 1. The number of nitrogens with zero attached hydrogens (tertiary/aromatic N) is 3. The van der Waals surface area contributed by atoms with Crippen LogP contribution in [0.25, 0.3) is 0 Å². The fraction of sp³-hybridized carbons (Fsp3) is 0.111. The van der Waals surface area contributed by atoms with E-state index >= 15 is 0 Å².